The number of fused-ring (bicyclic) bond motifs is 7. The molecule has 0 N–H and O–H groups in total. The van der Waals surface area contributed by atoms with Gasteiger partial charge in [0.25, 0.3) is 6.71 Å². The second-order valence-corrected chi connectivity index (χ2v) is 37.9. The van der Waals surface area contributed by atoms with Crippen LogP contribution in [0, 0.1) is 0 Å². The largest absolute Gasteiger partial charge is 0.311 e. The highest BCUT2D eigenvalue weighted by atomic mass is 28.3. The number of nitrogens with zero attached hydrogens (tertiary/aromatic N) is 3. The van der Waals surface area contributed by atoms with Crippen molar-refractivity contribution < 1.29 is 0 Å². The zero-order chi connectivity index (χ0) is 72.6. The molecule has 2 aliphatic rings. The van der Waals surface area contributed by atoms with Crippen LogP contribution in [-0.4, -0.2) is 27.4 Å². The fourth-order valence-electron chi connectivity index (χ4n) is 18.4. The van der Waals surface area contributed by atoms with Crippen LogP contribution < -0.4 is 67.7 Å². The average Bonchev–Trinajstić information content (AvgIpc) is 0.941. The maximum Gasteiger partial charge on any atom is 0.252 e. The first kappa shape index (κ1) is 66.1. The zero-order valence-corrected chi connectivity index (χ0v) is 63.2. The molecule has 0 bridgehead atoms. The summed E-state index contributed by atoms with van der Waals surface area (Å²) in [5.74, 6) is 0. The van der Waals surface area contributed by atoms with Gasteiger partial charge in [-0.05, 0) is 152 Å². The third-order valence-electron chi connectivity index (χ3n) is 23.8. The van der Waals surface area contributed by atoms with Gasteiger partial charge in [0.2, 0.25) is 0 Å². The highest BCUT2D eigenvalue weighted by Crippen LogP contribution is 2.49. The van der Waals surface area contributed by atoms with E-state index in [1.54, 1.807) is 0 Å². The first-order valence-electron chi connectivity index (χ1n) is 37.9. The van der Waals surface area contributed by atoms with Crippen molar-refractivity contribution in [1.82, 2.24) is 4.57 Å². The molecule has 0 unspecified atom stereocenters. The van der Waals surface area contributed by atoms with Crippen LogP contribution in [0.2, 0.25) is 0 Å². The lowest BCUT2D eigenvalue weighted by Crippen LogP contribution is -2.74. The van der Waals surface area contributed by atoms with Gasteiger partial charge in [-0.1, -0.05) is 380 Å². The van der Waals surface area contributed by atoms with E-state index < -0.39 is 16.1 Å². The minimum absolute atomic E-state index is 0.191. The number of rotatable bonds is 16. The van der Waals surface area contributed by atoms with Gasteiger partial charge < -0.3 is 14.4 Å². The average molecular weight is 1410 g/mol. The van der Waals surface area contributed by atoms with Crippen molar-refractivity contribution in [3.63, 3.8) is 0 Å². The monoisotopic (exact) mass is 1410 g/mol. The molecule has 0 fully saturated rings. The van der Waals surface area contributed by atoms with Crippen molar-refractivity contribution in [2.45, 2.75) is 38.5 Å². The second-order valence-electron chi connectivity index (χ2n) is 30.3. The highest BCUT2D eigenvalue weighted by Gasteiger charge is 2.48. The molecule has 2 aliphatic heterocycles. The van der Waals surface area contributed by atoms with Crippen molar-refractivity contribution >= 4 is 137 Å². The fraction of sp³-hybridized carbons (Fsp3) is 0.0588. The number of benzene rings is 16. The van der Waals surface area contributed by atoms with Crippen molar-refractivity contribution in [2.75, 3.05) is 9.80 Å². The third kappa shape index (κ3) is 10.7. The smallest absolute Gasteiger partial charge is 0.252 e. The number of anilines is 6. The van der Waals surface area contributed by atoms with Gasteiger partial charge in [0.05, 0.1) is 16.7 Å². The van der Waals surface area contributed by atoms with E-state index in [1.807, 2.05) is 0 Å². The van der Waals surface area contributed by atoms with Crippen molar-refractivity contribution in [1.29, 1.82) is 0 Å². The second kappa shape index (κ2) is 26.8. The van der Waals surface area contributed by atoms with Crippen LogP contribution in [0.15, 0.2) is 413 Å². The van der Waals surface area contributed by atoms with Gasteiger partial charge in [-0.25, -0.2) is 0 Å². The molecule has 3 nitrogen and oxygen atoms in total. The summed E-state index contributed by atoms with van der Waals surface area (Å²) < 4.78 is 2.54. The minimum Gasteiger partial charge on any atom is -0.311 e. The maximum atomic E-state index is 2.68. The Morgan fingerprint density at radius 3 is 0.944 bits per heavy atom. The summed E-state index contributed by atoms with van der Waals surface area (Å²) in [6.45, 7) is 9.38. The predicted octanol–water partition coefficient (Wildman–Crippen LogP) is 17.9. The molecule has 0 saturated carbocycles. The maximum absolute atomic E-state index is 3.08. The van der Waals surface area contributed by atoms with Crippen LogP contribution in [0.5, 0.6) is 0 Å². The predicted molar refractivity (Wildman–Crippen MR) is 465 cm³/mol. The van der Waals surface area contributed by atoms with E-state index in [2.05, 4.69) is 455 Å². The van der Waals surface area contributed by atoms with E-state index in [1.165, 1.54) is 102 Å². The van der Waals surface area contributed by atoms with Crippen molar-refractivity contribution in [3.8, 4) is 16.8 Å². The normalized spacial score (nSPS) is 12.8. The molecule has 0 radical (unpaired) electrons. The summed E-state index contributed by atoms with van der Waals surface area (Å²) in [5.41, 5.74) is 20.5. The molecule has 0 aliphatic carbocycles. The number of hydrogen-bond acceptors (Lipinski definition) is 2. The zero-order valence-electron chi connectivity index (χ0n) is 61.2. The molecular weight excluding hydrogens is 1330 g/mol. The SMILES string of the molecule is CC(C)(c1ccccc1)c1ccc2c(c1)N(c1cccc(-c3cccc([Si](c4ccccc4)(c4ccccc4)c4ccccc4)c3)c1)c1cc(-n3c4ccccc4c4ccccc43)cc3c1B2c1ccc(C(C)(C)c2ccccc2)cc1N3c1cccc([Si](c2ccccc2)(c2ccccc2)c2ccccc2)c1. The Bertz CT molecular complexity index is 5940. The lowest BCUT2D eigenvalue weighted by molar-refractivity contribution is 0.641. The van der Waals surface area contributed by atoms with Gasteiger partial charge in [-0.3, -0.25) is 0 Å². The van der Waals surface area contributed by atoms with Crippen LogP contribution in [0.3, 0.4) is 0 Å². The Labute approximate surface area is 636 Å². The molecule has 19 rings (SSSR count). The lowest BCUT2D eigenvalue weighted by Gasteiger charge is -2.45. The van der Waals surface area contributed by atoms with Gasteiger partial charge in [0.1, 0.15) is 0 Å². The molecule has 16 aromatic carbocycles. The fourth-order valence-corrected chi connectivity index (χ4v) is 28.0. The summed E-state index contributed by atoms with van der Waals surface area (Å²) >= 11 is 0. The van der Waals surface area contributed by atoms with E-state index in [9.17, 15) is 0 Å². The first-order chi connectivity index (χ1) is 53.1. The Morgan fingerprint density at radius 2 is 0.546 bits per heavy atom. The summed E-state index contributed by atoms with van der Waals surface area (Å²) in [6, 6.07) is 157. The van der Waals surface area contributed by atoms with Crippen LogP contribution >= 0.6 is 0 Å². The molecule has 0 atom stereocenters. The summed E-state index contributed by atoms with van der Waals surface area (Å²) in [6.07, 6.45) is 0. The summed E-state index contributed by atoms with van der Waals surface area (Å²) in [4.78, 5) is 5.33. The van der Waals surface area contributed by atoms with Crippen LogP contribution in [0.1, 0.15) is 49.9 Å². The summed E-state index contributed by atoms with van der Waals surface area (Å²) in [7, 11) is -6.00. The molecule has 0 amide bonds. The van der Waals surface area contributed by atoms with Crippen molar-refractivity contribution in [2.24, 2.45) is 0 Å². The Morgan fingerprint density at radius 1 is 0.231 bits per heavy atom. The molecular formula is C102H80BN3Si2. The van der Waals surface area contributed by atoms with Gasteiger partial charge in [0.15, 0.2) is 16.1 Å². The van der Waals surface area contributed by atoms with E-state index in [-0.39, 0.29) is 17.5 Å². The molecule has 17 aromatic rings. The highest BCUT2D eigenvalue weighted by molar-refractivity contribution is 7.20. The van der Waals surface area contributed by atoms with E-state index in [0.717, 1.165) is 50.7 Å². The van der Waals surface area contributed by atoms with Gasteiger partial charge in [-0.15, -0.1) is 0 Å². The first-order valence-corrected chi connectivity index (χ1v) is 41.9. The van der Waals surface area contributed by atoms with Crippen LogP contribution in [-0.2, 0) is 10.8 Å². The van der Waals surface area contributed by atoms with Gasteiger partial charge in [0, 0.05) is 55.7 Å². The number of aromatic nitrogens is 1. The standard InChI is InChI=1S/C102H80BN3Si2/c1-101(2,75-38-13-5-14-39-75)77-62-64-92-96(68-77)104(79-42-33-36-73(66-79)74-37-34-56-88(67-74)107(82-44-17-7-18-45-82,83-46-19-8-20-47-83)84-48-21-9-22-49-84)98-71-81(106-94-60-31-29-58-90(94)91-59-30-32-61-95(91)106)72-99-100(98)103(92)93-65-63-78(102(3,4)76-40-15-6-16-41-76)69-97(93)105(99)80-43-35-57-89(70-80)108(85-50-23-10-24-51-85,86-52-25-11-26-53-86)87-54-27-12-28-55-87/h5-72H,1-4H3. The number of para-hydroxylation sites is 2. The van der Waals surface area contributed by atoms with Gasteiger partial charge in [-0.2, -0.15) is 0 Å². The number of hydrogen-bond donors (Lipinski definition) is 0. The van der Waals surface area contributed by atoms with E-state index in [4.69, 9.17) is 0 Å². The molecule has 1 aromatic heterocycles. The van der Waals surface area contributed by atoms with Crippen LogP contribution in [0.25, 0.3) is 38.6 Å². The van der Waals surface area contributed by atoms with Crippen LogP contribution in [0.4, 0.5) is 34.1 Å². The molecule has 3 heterocycles. The minimum atomic E-state index is -3.08. The Hall–Kier alpha value is -12.6. The molecule has 6 heteroatoms. The van der Waals surface area contributed by atoms with E-state index >= 15 is 0 Å². The molecule has 108 heavy (non-hydrogen) atoms. The van der Waals surface area contributed by atoms with Crippen molar-refractivity contribution in [3.05, 3.63) is 435 Å². The molecule has 0 saturated heterocycles. The quantitative estimate of drug-likeness (QED) is 0.0706. The Kier molecular flexibility index (Phi) is 16.4. The van der Waals surface area contributed by atoms with Gasteiger partial charge >= 0.3 is 0 Å². The van der Waals surface area contributed by atoms with E-state index in [0.29, 0.717) is 0 Å². The summed E-state index contributed by atoms with van der Waals surface area (Å²) in [5, 5.41) is 13.1. The lowest BCUT2D eigenvalue weighted by atomic mass is 9.33. The molecule has 514 valence electrons. The molecule has 0 spiro atoms. The Balaban J connectivity index is 0.913. The third-order valence-corrected chi connectivity index (χ3v) is 33.4. The topological polar surface area (TPSA) is 11.4 Å².